The molecule has 6 heteroatoms. The molecule has 0 amide bonds. The molecule has 1 N–H and O–H groups in total. The van der Waals surface area contributed by atoms with Crippen LogP contribution in [0.5, 0.6) is 0 Å². The summed E-state index contributed by atoms with van der Waals surface area (Å²) in [5.74, 6) is -0.0748. The average Bonchev–Trinajstić information content (AvgIpc) is 2.54. The van der Waals surface area contributed by atoms with Crippen molar-refractivity contribution >= 4 is 40.3 Å². The molecule has 0 unspecified atom stereocenters. The minimum atomic E-state index is -0.827. The van der Waals surface area contributed by atoms with Gasteiger partial charge in [0.2, 0.25) is 0 Å². The summed E-state index contributed by atoms with van der Waals surface area (Å²) in [5, 5.41) is 9.76. The highest BCUT2D eigenvalue weighted by Gasteiger charge is 2.21. The van der Waals surface area contributed by atoms with Crippen LogP contribution in [-0.4, -0.2) is 41.0 Å². The molecular formula is C12H17Cl2NO2S. The monoisotopic (exact) mass is 309 g/mol. The molecule has 0 saturated carbocycles. The highest BCUT2D eigenvalue weighted by atomic mass is 35.5. The molecule has 0 aromatic carbocycles. The molecule has 18 heavy (non-hydrogen) atoms. The number of Topliss-reactive ketones (excluding diaryl/α,β-unsaturated/α-hetero) is 1. The molecule has 0 aliphatic carbocycles. The van der Waals surface area contributed by atoms with E-state index in [-0.39, 0.29) is 12.3 Å². The Balaban J connectivity index is 2.71. The Labute approximate surface area is 121 Å². The van der Waals surface area contributed by atoms with Crippen molar-refractivity contribution in [2.45, 2.75) is 26.4 Å². The number of carbonyl (C=O) groups excluding carboxylic acids is 1. The molecule has 0 bridgehead atoms. The third-order valence-electron chi connectivity index (χ3n) is 2.38. The van der Waals surface area contributed by atoms with E-state index in [0.717, 1.165) is 0 Å². The number of hydrogen-bond donors (Lipinski definition) is 1. The van der Waals surface area contributed by atoms with Gasteiger partial charge in [0, 0.05) is 6.54 Å². The third-order valence-corrected chi connectivity index (χ3v) is 3.87. The van der Waals surface area contributed by atoms with E-state index in [2.05, 4.69) is 0 Å². The smallest absolute Gasteiger partial charge is 0.179 e. The Hall–Kier alpha value is -0.130. The van der Waals surface area contributed by atoms with Crippen LogP contribution in [0.1, 0.15) is 31.1 Å². The Kier molecular flexibility index (Phi) is 5.62. The maximum Gasteiger partial charge on any atom is 0.179 e. The summed E-state index contributed by atoms with van der Waals surface area (Å²) < 4.78 is 0.929. The number of nitrogens with zero attached hydrogens (tertiary/aromatic N) is 1. The number of hydrogen-bond acceptors (Lipinski definition) is 4. The quantitative estimate of drug-likeness (QED) is 0.819. The minimum absolute atomic E-state index is 0.0748. The molecule has 0 fully saturated rings. The molecular weight excluding hydrogens is 293 g/mol. The normalized spacial score (nSPS) is 12.2. The van der Waals surface area contributed by atoms with Gasteiger partial charge in [-0.1, -0.05) is 30.1 Å². The van der Waals surface area contributed by atoms with Gasteiger partial charge in [-0.05, 0) is 26.5 Å². The van der Waals surface area contributed by atoms with Crippen molar-refractivity contribution in [3.63, 3.8) is 0 Å². The molecule has 0 spiro atoms. The maximum absolute atomic E-state index is 12.1. The number of thiophene rings is 1. The van der Waals surface area contributed by atoms with E-state index in [9.17, 15) is 9.90 Å². The van der Waals surface area contributed by atoms with E-state index in [1.165, 1.54) is 11.3 Å². The predicted molar refractivity (Wildman–Crippen MR) is 77.1 cm³/mol. The standard InChI is InChI=1S/C12H17Cl2NO2S/c1-4-15(7-12(2,3)17)6-9(16)8-5-10(13)18-11(8)14/h5,17H,4,6-7H2,1-3H3. The van der Waals surface area contributed by atoms with Crippen molar-refractivity contribution < 1.29 is 9.90 Å². The van der Waals surface area contributed by atoms with Gasteiger partial charge in [-0.15, -0.1) is 11.3 Å². The minimum Gasteiger partial charge on any atom is -0.389 e. The number of rotatable bonds is 6. The molecule has 1 aromatic rings. The van der Waals surface area contributed by atoms with E-state index in [1.807, 2.05) is 11.8 Å². The van der Waals surface area contributed by atoms with Crippen LogP contribution in [-0.2, 0) is 0 Å². The van der Waals surface area contributed by atoms with Crippen molar-refractivity contribution in [2.75, 3.05) is 19.6 Å². The molecule has 1 aromatic heterocycles. The molecule has 0 radical (unpaired) electrons. The molecule has 102 valence electrons. The molecule has 3 nitrogen and oxygen atoms in total. The summed E-state index contributed by atoms with van der Waals surface area (Å²) in [6.45, 7) is 6.73. The topological polar surface area (TPSA) is 40.5 Å². The number of likely N-dealkylation sites (N-methyl/N-ethyl adjacent to an activating group) is 1. The van der Waals surface area contributed by atoms with Gasteiger partial charge in [0.15, 0.2) is 5.78 Å². The van der Waals surface area contributed by atoms with Gasteiger partial charge in [-0.25, -0.2) is 0 Å². The summed E-state index contributed by atoms with van der Waals surface area (Å²) in [6.07, 6.45) is 0. The highest BCUT2D eigenvalue weighted by Crippen LogP contribution is 2.31. The fourth-order valence-electron chi connectivity index (χ4n) is 1.65. The van der Waals surface area contributed by atoms with Crippen molar-refractivity contribution in [1.29, 1.82) is 0 Å². The zero-order valence-electron chi connectivity index (χ0n) is 10.7. The molecule has 1 rings (SSSR count). The molecule has 0 aliphatic heterocycles. The zero-order chi connectivity index (χ0) is 13.9. The zero-order valence-corrected chi connectivity index (χ0v) is 13.0. The average molecular weight is 310 g/mol. The van der Waals surface area contributed by atoms with Crippen LogP contribution in [0.15, 0.2) is 6.07 Å². The summed E-state index contributed by atoms with van der Waals surface area (Å²) in [6, 6.07) is 1.59. The fraction of sp³-hybridized carbons (Fsp3) is 0.583. The summed E-state index contributed by atoms with van der Waals surface area (Å²) in [4.78, 5) is 14.0. The van der Waals surface area contributed by atoms with E-state index >= 15 is 0 Å². The van der Waals surface area contributed by atoms with Gasteiger partial charge in [0.1, 0.15) is 4.34 Å². The Morgan fingerprint density at radius 2 is 2.11 bits per heavy atom. The first-order valence-electron chi connectivity index (χ1n) is 5.65. The van der Waals surface area contributed by atoms with Crippen LogP contribution in [0, 0.1) is 0 Å². The Morgan fingerprint density at radius 1 is 1.50 bits per heavy atom. The Morgan fingerprint density at radius 3 is 2.50 bits per heavy atom. The van der Waals surface area contributed by atoms with E-state index in [4.69, 9.17) is 23.2 Å². The number of halogens is 2. The number of carbonyl (C=O) groups is 1. The molecule has 0 saturated heterocycles. The number of ketones is 1. The van der Waals surface area contributed by atoms with Crippen LogP contribution in [0.3, 0.4) is 0 Å². The van der Waals surface area contributed by atoms with Gasteiger partial charge in [0.05, 0.1) is 22.0 Å². The van der Waals surface area contributed by atoms with Crippen molar-refractivity contribution in [2.24, 2.45) is 0 Å². The first-order chi connectivity index (χ1) is 8.23. The first-order valence-corrected chi connectivity index (χ1v) is 7.23. The lowest BCUT2D eigenvalue weighted by Crippen LogP contribution is -2.41. The Bertz CT molecular complexity index is 426. The second kappa shape index (κ2) is 6.35. The van der Waals surface area contributed by atoms with E-state index < -0.39 is 5.60 Å². The lowest BCUT2D eigenvalue weighted by Gasteiger charge is -2.27. The maximum atomic E-state index is 12.1. The fourth-order valence-corrected chi connectivity index (χ4v) is 3.14. The molecule has 0 atom stereocenters. The van der Waals surface area contributed by atoms with Crippen molar-refractivity contribution in [1.82, 2.24) is 4.90 Å². The first kappa shape index (κ1) is 15.9. The lowest BCUT2D eigenvalue weighted by molar-refractivity contribution is 0.0376. The van der Waals surface area contributed by atoms with Gasteiger partial charge in [-0.3, -0.25) is 9.69 Å². The van der Waals surface area contributed by atoms with Crippen LogP contribution in [0.4, 0.5) is 0 Å². The predicted octanol–water partition coefficient (Wildman–Crippen LogP) is 3.33. The van der Waals surface area contributed by atoms with Gasteiger partial charge < -0.3 is 5.11 Å². The van der Waals surface area contributed by atoms with Crippen LogP contribution < -0.4 is 0 Å². The summed E-state index contributed by atoms with van der Waals surface area (Å²) >= 11 is 12.9. The van der Waals surface area contributed by atoms with E-state index in [1.54, 1.807) is 19.9 Å². The third kappa shape index (κ3) is 4.86. The summed E-state index contributed by atoms with van der Waals surface area (Å²) in [5.41, 5.74) is -0.368. The lowest BCUT2D eigenvalue weighted by atomic mass is 10.1. The largest absolute Gasteiger partial charge is 0.389 e. The highest BCUT2D eigenvalue weighted by molar-refractivity contribution is 7.20. The molecule has 0 aliphatic rings. The van der Waals surface area contributed by atoms with E-state index in [0.29, 0.717) is 27.3 Å². The summed E-state index contributed by atoms with van der Waals surface area (Å²) in [7, 11) is 0. The second-order valence-corrected chi connectivity index (χ2v) is 7.06. The van der Waals surface area contributed by atoms with Gasteiger partial charge in [-0.2, -0.15) is 0 Å². The van der Waals surface area contributed by atoms with Crippen LogP contribution in [0.2, 0.25) is 8.67 Å². The SMILES string of the molecule is CCN(CC(=O)c1cc(Cl)sc1Cl)CC(C)(C)O. The number of aliphatic hydroxyl groups is 1. The molecule has 1 heterocycles. The van der Waals surface area contributed by atoms with Crippen molar-refractivity contribution in [3.05, 3.63) is 20.3 Å². The van der Waals surface area contributed by atoms with Gasteiger partial charge >= 0.3 is 0 Å². The second-order valence-electron chi connectivity index (χ2n) is 4.78. The van der Waals surface area contributed by atoms with Crippen molar-refractivity contribution in [3.8, 4) is 0 Å². The van der Waals surface area contributed by atoms with Gasteiger partial charge in [0.25, 0.3) is 0 Å². The van der Waals surface area contributed by atoms with Crippen LogP contribution in [0.25, 0.3) is 0 Å². The van der Waals surface area contributed by atoms with Crippen LogP contribution >= 0.6 is 34.5 Å².